The van der Waals surface area contributed by atoms with Gasteiger partial charge in [0, 0.05) is 6.04 Å². The smallest absolute Gasteiger partial charge is 0.0849 e. The van der Waals surface area contributed by atoms with Crippen molar-refractivity contribution in [2.75, 3.05) is 6.54 Å². The van der Waals surface area contributed by atoms with Crippen molar-refractivity contribution in [3.05, 3.63) is 0 Å². The van der Waals surface area contributed by atoms with Gasteiger partial charge in [-0.05, 0) is 6.92 Å². The van der Waals surface area contributed by atoms with Crippen LogP contribution in [0.2, 0.25) is 0 Å². The summed E-state index contributed by atoms with van der Waals surface area (Å²) in [5, 5.41) is 7.56. The van der Waals surface area contributed by atoms with E-state index in [1.807, 2.05) is 6.92 Å². The molecule has 0 aromatic heterocycles. The molecule has 1 rings (SSSR count). The first kappa shape index (κ1) is 4.71. The summed E-state index contributed by atoms with van der Waals surface area (Å²) in [6.45, 7) is 2.68. The first-order valence-electron chi connectivity index (χ1n) is 2.43. The number of nitrogens with zero attached hydrogens (tertiary/aromatic N) is 2. The number of azo groups is 1. The van der Waals surface area contributed by atoms with Crippen LogP contribution in [0.15, 0.2) is 10.2 Å². The van der Waals surface area contributed by atoms with Gasteiger partial charge in [-0.2, -0.15) is 10.2 Å². The summed E-state index contributed by atoms with van der Waals surface area (Å²) in [7, 11) is 0. The average Bonchev–Trinajstić information content (AvgIpc) is 1.91. The Morgan fingerprint density at radius 3 is 2.57 bits per heavy atom. The van der Waals surface area contributed by atoms with Crippen LogP contribution in [0, 0.1) is 0 Å². The van der Waals surface area contributed by atoms with Crippen LogP contribution in [0.25, 0.3) is 0 Å². The molecular formula is C4H9N3. The molecule has 40 valence electrons. The van der Waals surface area contributed by atoms with Crippen molar-refractivity contribution >= 4 is 0 Å². The Balaban J connectivity index is 2.45. The zero-order valence-electron chi connectivity index (χ0n) is 4.33. The Kier molecular flexibility index (Phi) is 1.06. The fourth-order valence-corrected chi connectivity index (χ4v) is 0.508. The molecule has 7 heavy (non-hydrogen) atoms. The Morgan fingerprint density at radius 1 is 1.71 bits per heavy atom. The van der Waals surface area contributed by atoms with Gasteiger partial charge in [-0.1, -0.05) is 0 Å². The molecule has 0 spiro atoms. The van der Waals surface area contributed by atoms with Crippen molar-refractivity contribution in [1.29, 1.82) is 0 Å². The van der Waals surface area contributed by atoms with Crippen molar-refractivity contribution in [3.63, 3.8) is 0 Å². The highest BCUT2D eigenvalue weighted by Gasteiger charge is 2.15. The second kappa shape index (κ2) is 1.58. The van der Waals surface area contributed by atoms with Crippen molar-refractivity contribution < 1.29 is 0 Å². The van der Waals surface area contributed by atoms with Crippen LogP contribution < -0.4 is 5.73 Å². The minimum absolute atomic E-state index is 0.181. The Morgan fingerprint density at radius 2 is 2.43 bits per heavy atom. The van der Waals surface area contributed by atoms with Gasteiger partial charge < -0.3 is 5.73 Å². The highest BCUT2D eigenvalue weighted by atomic mass is 15.2. The van der Waals surface area contributed by atoms with E-state index in [4.69, 9.17) is 5.73 Å². The molecule has 0 amide bonds. The minimum Gasteiger partial charge on any atom is -0.324 e. The molecular weight excluding hydrogens is 90.1 g/mol. The van der Waals surface area contributed by atoms with Gasteiger partial charge in [-0.15, -0.1) is 0 Å². The van der Waals surface area contributed by atoms with Crippen LogP contribution >= 0.6 is 0 Å². The van der Waals surface area contributed by atoms with Gasteiger partial charge in [0.2, 0.25) is 0 Å². The van der Waals surface area contributed by atoms with Gasteiger partial charge in [0.1, 0.15) is 0 Å². The van der Waals surface area contributed by atoms with Crippen LogP contribution in [-0.2, 0) is 0 Å². The summed E-state index contributed by atoms with van der Waals surface area (Å²) >= 11 is 0. The molecule has 2 N–H and O–H groups in total. The van der Waals surface area contributed by atoms with E-state index in [2.05, 4.69) is 10.2 Å². The fraction of sp³-hybridized carbons (Fsp3) is 1.00. The van der Waals surface area contributed by atoms with E-state index in [-0.39, 0.29) is 12.1 Å². The quantitative estimate of drug-likeness (QED) is 0.462. The third-order valence-corrected chi connectivity index (χ3v) is 1.18. The first-order chi connectivity index (χ1) is 3.30. The van der Waals surface area contributed by atoms with Crippen LogP contribution in [0.4, 0.5) is 0 Å². The molecule has 1 heterocycles. The normalized spacial score (nSPS) is 39.7. The maximum Gasteiger partial charge on any atom is 0.0849 e. The molecule has 0 radical (unpaired) electrons. The third-order valence-electron chi connectivity index (χ3n) is 1.18. The largest absolute Gasteiger partial charge is 0.324 e. The average molecular weight is 99.1 g/mol. The molecule has 3 heteroatoms. The predicted octanol–water partition coefficient (Wildman–Crippen LogP) is 0.168. The molecule has 0 saturated heterocycles. The summed E-state index contributed by atoms with van der Waals surface area (Å²) in [5.74, 6) is 0. The zero-order chi connectivity index (χ0) is 5.28. The number of hydrogen-bond acceptors (Lipinski definition) is 3. The maximum atomic E-state index is 5.49. The second-order valence-electron chi connectivity index (χ2n) is 1.84. The van der Waals surface area contributed by atoms with E-state index < -0.39 is 0 Å². The summed E-state index contributed by atoms with van der Waals surface area (Å²) < 4.78 is 0. The van der Waals surface area contributed by atoms with Crippen LogP contribution in [0.1, 0.15) is 6.92 Å². The summed E-state index contributed by atoms with van der Waals surface area (Å²) in [6, 6.07) is 0.431. The summed E-state index contributed by atoms with van der Waals surface area (Å²) in [6.07, 6.45) is 0. The van der Waals surface area contributed by atoms with Crippen molar-refractivity contribution in [2.45, 2.75) is 19.0 Å². The van der Waals surface area contributed by atoms with Gasteiger partial charge in [0.05, 0.1) is 12.6 Å². The molecule has 3 nitrogen and oxygen atoms in total. The lowest BCUT2D eigenvalue weighted by Crippen LogP contribution is -2.29. The fourth-order valence-electron chi connectivity index (χ4n) is 0.508. The summed E-state index contributed by atoms with van der Waals surface area (Å²) in [4.78, 5) is 0. The highest BCUT2D eigenvalue weighted by Crippen LogP contribution is 2.03. The van der Waals surface area contributed by atoms with Crippen LogP contribution in [0.3, 0.4) is 0 Å². The molecule has 0 aromatic carbocycles. The monoisotopic (exact) mass is 99.1 g/mol. The van der Waals surface area contributed by atoms with Crippen molar-refractivity contribution in [1.82, 2.24) is 0 Å². The molecule has 0 fully saturated rings. The lowest BCUT2D eigenvalue weighted by atomic mass is 10.2. The number of hydrogen-bond donors (Lipinski definition) is 1. The van der Waals surface area contributed by atoms with E-state index in [9.17, 15) is 0 Å². The number of nitrogens with two attached hydrogens (primary N) is 1. The van der Waals surface area contributed by atoms with Gasteiger partial charge in [0.15, 0.2) is 0 Å². The molecule has 2 atom stereocenters. The Bertz CT molecular complexity index is 88.9. The van der Waals surface area contributed by atoms with Crippen LogP contribution in [0.5, 0.6) is 0 Å². The van der Waals surface area contributed by atoms with Crippen LogP contribution in [-0.4, -0.2) is 18.6 Å². The van der Waals surface area contributed by atoms with Gasteiger partial charge in [-0.3, -0.25) is 0 Å². The number of rotatable bonds is 0. The van der Waals surface area contributed by atoms with E-state index in [1.54, 1.807) is 0 Å². The molecule has 1 aliphatic rings. The predicted molar refractivity (Wildman–Crippen MR) is 27.2 cm³/mol. The standard InChI is InChI=1S/C4H9N3/c1-3-4(5)2-6-7-3/h3-4H,2,5H2,1H3. The van der Waals surface area contributed by atoms with Gasteiger partial charge in [0.25, 0.3) is 0 Å². The highest BCUT2D eigenvalue weighted by molar-refractivity contribution is 4.80. The Labute approximate surface area is 42.6 Å². The second-order valence-corrected chi connectivity index (χ2v) is 1.84. The molecule has 0 aliphatic carbocycles. The van der Waals surface area contributed by atoms with E-state index >= 15 is 0 Å². The Hall–Kier alpha value is -0.440. The van der Waals surface area contributed by atoms with E-state index in [0.29, 0.717) is 6.54 Å². The van der Waals surface area contributed by atoms with Gasteiger partial charge in [-0.25, -0.2) is 0 Å². The molecule has 0 aromatic rings. The lowest BCUT2D eigenvalue weighted by Gasteiger charge is -2.00. The topological polar surface area (TPSA) is 50.7 Å². The van der Waals surface area contributed by atoms with E-state index in [1.165, 1.54) is 0 Å². The molecule has 2 unspecified atom stereocenters. The van der Waals surface area contributed by atoms with Crippen molar-refractivity contribution in [2.24, 2.45) is 16.0 Å². The molecule has 1 aliphatic heterocycles. The molecule has 0 saturated carbocycles. The minimum atomic E-state index is 0.181. The van der Waals surface area contributed by atoms with Gasteiger partial charge >= 0.3 is 0 Å². The third kappa shape index (κ3) is 0.771. The lowest BCUT2D eigenvalue weighted by molar-refractivity contribution is 0.638. The SMILES string of the molecule is CC1N=NCC1N. The molecule has 0 bridgehead atoms. The maximum absolute atomic E-state index is 5.49. The van der Waals surface area contributed by atoms with E-state index in [0.717, 1.165) is 0 Å². The summed E-state index contributed by atoms with van der Waals surface area (Å²) in [5.41, 5.74) is 5.49. The first-order valence-corrected chi connectivity index (χ1v) is 2.43. The van der Waals surface area contributed by atoms with Crippen molar-refractivity contribution in [3.8, 4) is 0 Å². The zero-order valence-corrected chi connectivity index (χ0v) is 4.33.